The molecule has 16 heavy (non-hydrogen) atoms. The molecular formula is C14H12N2. The highest BCUT2D eigenvalue weighted by atomic mass is 14.7. The van der Waals surface area contributed by atoms with E-state index < -0.39 is 0 Å². The van der Waals surface area contributed by atoms with Crippen LogP contribution in [0.3, 0.4) is 0 Å². The first-order valence-corrected chi connectivity index (χ1v) is 5.25. The van der Waals surface area contributed by atoms with Crippen LogP contribution in [0.15, 0.2) is 53.2 Å². The summed E-state index contributed by atoms with van der Waals surface area (Å²) in [6, 6.07) is 12.2. The van der Waals surface area contributed by atoms with E-state index >= 15 is 0 Å². The normalized spacial score (nSPS) is 19.4. The van der Waals surface area contributed by atoms with Crippen molar-refractivity contribution in [2.45, 2.75) is 6.42 Å². The van der Waals surface area contributed by atoms with Crippen molar-refractivity contribution in [3.8, 4) is 6.07 Å². The van der Waals surface area contributed by atoms with E-state index in [1.54, 1.807) is 6.20 Å². The highest BCUT2D eigenvalue weighted by molar-refractivity contribution is 5.65. The van der Waals surface area contributed by atoms with Crippen molar-refractivity contribution in [3.05, 3.63) is 53.7 Å². The van der Waals surface area contributed by atoms with Crippen LogP contribution in [0.25, 0.3) is 6.08 Å². The molecule has 1 heterocycles. The average Bonchev–Trinajstić information content (AvgIpc) is 2.38. The number of benzene rings is 1. The zero-order valence-electron chi connectivity index (χ0n) is 8.88. The Morgan fingerprint density at radius 2 is 2.19 bits per heavy atom. The molecule has 2 heteroatoms. The van der Waals surface area contributed by atoms with Gasteiger partial charge in [0.2, 0.25) is 0 Å². The lowest BCUT2D eigenvalue weighted by Gasteiger charge is -2.10. The van der Waals surface area contributed by atoms with Crippen molar-refractivity contribution in [2.24, 2.45) is 10.9 Å². The fourth-order valence-electron chi connectivity index (χ4n) is 1.65. The van der Waals surface area contributed by atoms with Gasteiger partial charge in [-0.25, -0.2) is 0 Å². The maximum Gasteiger partial charge on any atom is 0.0953 e. The fraction of sp³-hybridized carbons (Fsp3) is 0.143. The lowest BCUT2D eigenvalue weighted by Crippen LogP contribution is -2.02. The second-order valence-corrected chi connectivity index (χ2v) is 3.64. The van der Waals surface area contributed by atoms with Crippen molar-refractivity contribution < 1.29 is 0 Å². The smallest absolute Gasteiger partial charge is 0.0953 e. The predicted octanol–water partition coefficient (Wildman–Crippen LogP) is 3.20. The zero-order chi connectivity index (χ0) is 11.2. The second-order valence-electron chi connectivity index (χ2n) is 3.64. The molecule has 0 amide bonds. The molecule has 1 aromatic carbocycles. The Balaban J connectivity index is 2.24. The molecule has 0 spiro atoms. The van der Waals surface area contributed by atoms with Crippen LogP contribution in [0.5, 0.6) is 0 Å². The van der Waals surface area contributed by atoms with Crippen molar-refractivity contribution in [3.63, 3.8) is 0 Å². The number of allylic oxidation sites excluding steroid dienone is 2. The van der Waals surface area contributed by atoms with E-state index in [-0.39, 0.29) is 5.92 Å². The van der Waals surface area contributed by atoms with Gasteiger partial charge in [0, 0.05) is 23.9 Å². The second kappa shape index (κ2) is 5.09. The van der Waals surface area contributed by atoms with Crippen molar-refractivity contribution in [2.75, 3.05) is 0 Å². The lowest BCUT2D eigenvalue weighted by atomic mass is 9.94. The molecule has 1 aliphatic heterocycles. The number of hydrogen-bond acceptors (Lipinski definition) is 2. The van der Waals surface area contributed by atoms with Gasteiger partial charge in [-0.15, -0.1) is 0 Å². The average molecular weight is 208 g/mol. The lowest BCUT2D eigenvalue weighted by molar-refractivity contribution is 0.827. The minimum atomic E-state index is 0.169. The summed E-state index contributed by atoms with van der Waals surface area (Å²) in [6.07, 6.45) is 8.32. The van der Waals surface area contributed by atoms with Crippen molar-refractivity contribution >= 4 is 12.3 Å². The molecule has 0 N–H and O–H groups in total. The molecular weight excluding hydrogens is 196 g/mol. The number of nitriles is 1. The Morgan fingerprint density at radius 1 is 1.38 bits per heavy atom. The first kappa shape index (κ1) is 10.4. The largest absolute Gasteiger partial charge is 0.269 e. The highest BCUT2D eigenvalue weighted by Crippen LogP contribution is 2.20. The van der Waals surface area contributed by atoms with E-state index in [1.807, 2.05) is 48.7 Å². The SMILES string of the molecule is N#C/C(=C\c1ccccc1)C1C=CN=CC1. The van der Waals surface area contributed by atoms with Crippen LogP contribution in [0, 0.1) is 17.2 Å². The van der Waals surface area contributed by atoms with Gasteiger partial charge in [0.15, 0.2) is 0 Å². The molecule has 0 aliphatic carbocycles. The summed E-state index contributed by atoms with van der Waals surface area (Å²) in [4.78, 5) is 4.01. The van der Waals surface area contributed by atoms with Crippen LogP contribution in [0.4, 0.5) is 0 Å². The maximum absolute atomic E-state index is 9.14. The van der Waals surface area contributed by atoms with Gasteiger partial charge in [-0.1, -0.05) is 36.4 Å². The fourth-order valence-corrected chi connectivity index (χ4v) is 1.65. The zero-order valence-corrected chi connectivity index (χ0v) is 8.88. The Morgan fingerprint density at radius 3 is 2.81 bits per heavy atom. The molecule has 0 saturated carbocycles. The molecule has 0 saturated heterocycles. The standard InChI is InChI=1S/C14H12N2/c15-11-14(13-6-8-16-9-7-13)10-12-4-2-1-3-5-12/h1-6,8-10,13H,7H2/b14-10+. The van der Waals surface area contributed by atoms with Gasteiger partial charge in [-0.2, -0.15) is 5.26 Å². The third-order valence-corrected chi connectivity index (χ3v) is 2.52. The Hall–Kier alpha value is -2.14. The van der Waals surface area contributed by atoms with Gasteiger partial charge < -0.3 is 0 Å². The van der Waals surface area contributed by atoms with Crippen molar-refractivity contribution in [1.82, 2.24) is 0 Å². The maximum atomic E-state index is 9.14. The Kier molecular flexibility index (Phi) is 3.30. The highest BCUT2D eigenvalue weighted by Gasteiger charge is 2.11. The summed E-state index contributed by atoms with van der Waals surface area (Å²) in [5, 5.41) is 9.14. The third kappa shape index (κ3) is 2.46. The molecule has 2 rings (SSSR count). The first-order valence-electron chi connectivity index (χ1n) is 5.25. The summed E-state index contributed by atoms with van der Waals surface area (Å²) >= 11 is 0. The van der Waals surface area contributed by atoms with Gasteiger partial charge in [0.25, 0.3) is 0 Å². The van der Waals surface area contributed by atoms with Gasteiger partial charge in [0.1, 0.15) is 0 Å². The quantitative estimate of drug-likeness (QED) is 0.687. The number of hydrogen-bond donors (Lipinski definition) is 0. The van der Waals surface area contributed by atoms with Gasteiger partial charge in [-0.3, -0.25) is 4.99 Å². The number of aliphatic imine (C=N–C) groups is 1. The van der Waals surface area contributed by atoms with Crippen LogP contribution in [-0.4, -0.2) is 6.21 Å². The Bertz CT molecular complexity index is 475. The summed E-state index contributed by atoms with van der Waals surface area (Å²) in [6.45, 7) is 0. The molecule has 0 fully saturated rings. The summed E-state index contributed by atoms with van der Waals surface area (Å²) in [5.41, 5.74) is 1.85. The van der Waals surface area contributed by atoms with Crippen molar-refractivity contribution in [1.29, 1.82) is 5.26 Å². The van der Waals surface area contributed by atoms with Gasteiger partial charge >= 0.3 is 0 Å². The summed E-state index contributed by atoms with van der Waals surface area (Å²) in [5.74, 6) is 0.169. The molecule has 78 valence electrons. The first-order chi connectivity index (χ1) is 7.90. The molecule has 1 aliphatic rings. The van der Waals surface area contributed by atoms with Crippen LogP contribution in [0.1, 0.15) is 12.0 Å². The molecule has 1 atom stereocenters. The Labute approximate surface area is 95.3 Å². The van der Waals surface area contributed by atoms with Crippen LogP contribution < -0.4 is 0 Å². The van der Waals surface area contributed by atoms with E-state index in [0.29, 0.717) is 0 Å². The molecule has 0 bridgehead atoms. The predicted molar refractivity (Wildman–Crippen MR) is 65.8 cm³/mol. The molecule has 0 aromatic heterocycles. The van der Waals surface area contributed by atoms with E-state index in [0.717, 1.165) is 17.6 Å². The van der Waals surface area contributed by atoms with E-state index in [1.165, 1.54) is 0 Å². The minimum absolute atomic E-state index is 0.169. The number of nitrogens with zero attached hydrogens (tertiary/aromatic N) is 2. The van der Waals surface area contributed by atoms with E-state index in [4.69, 9.17) is 5.26 Å². The topological polar surface area (TPSA) is 36.1 Å². The molecule has 2 nitrogen and oxygen atoms in total. The van der Waals surface area contributed by atoms with Crippen LogP contribution >= 0.6 is 0 Å². The molecule has 1 unspecified atom stereocenters. The summed E-state index contributed by atoms with van der Waals surface area (Å²) in [7, 11) is 0. The molecule has 0 radical (unpaired) electrons. The van der Waals surface area contributed by atoms with Gasteiger partial charge in [-0.05, 0) is 18.1 Å². The van der Waals surface area contributed by atoms with Crippen LogP contribution in [0.2, 0.25) is 0 Å². The summed E-state index contributed by atoms with van der Waals surface area (Å²) < 4.78 is 0. The molecule has 1 aromatic rings. The van der Waals surface area contributed by atoms with Gasteiger partial charge in [0.05, 0.1) is 6.07 Å². The third-order valence-electron chi connectivity index (χ3n) is 2.52. The van der Waals surface area contributed by atoms with E-state index in [2.05, 4.69) is 11.1 Å². The van der Waals surface area contributed by atoms with Crippen LogP contribution in [-0.2, 0) is 0 Å². The van der Waals surface area contributed by atoms with E-state index in [9.17, 15) is 0 Å². The number of rotatable bonds is 2. The minimum Gasteiger partial charge on any atom is -0.269 e. The monoisotopic (exact) mass is 208 g/mol.